The topological polar surface area (TPSA) is 93.2 Å². The molecule has 0 heterocycles. The number of nitriles is 1. The number of rotatable bonds is 4. The number of benzene rings is 1. The van der Waals surface area contributed by atoms with Gasteiger partial charge < -0.3 is 4.74 Å². The molecule has 6 heteroatoms. The third-order valence-electron chi connectivity index (χ3n) is 2.10. The van der Waals surface area contributed by atoms with Crippen LogP contribution in [0, 0.1) is 21.4 Å². The molecule has 0 aromatic heterocycles. The predicted octanol–water partition coefficient (Wildman–Crippen LogP) is 2.45. The Kier molecular flexibility index (Phi) is 4.77. The van der Waals surface area contributed by atoms with Crippen molar-refractivity contribution >= 4 is 17.2 Å². The minimum absolute atomic E-state index is 0.0225. The van der Waals surface area contributed by atoms with Gasteiger partial charge in [-0.05, 0) is 19.4 Å². The van der Waals surface area contributed by atoms with E-state index in [2.05, 4.69) is 0 Å². The molecule has 0 N–H and O–H groups in total. The molecule has 0 amide bonds. The van der Waals surface area contributed by atoms with E-state index in [0.29, 0.717) is 5.56 Å². The Balaban J connectivity index is 3.07. The second-order valence-electron chi connectivity index (χ2n) is 3.96. The molecular formula is C13H12N2O4. The molecule has 0 aliphatic rings. The maximum absolute atomic E-state index is 11.4. The average molecular weight is 260 g/mol. The van der Waals surface area contributed by atoms with E-state index in [1.807, 2.05) is 6.07 Å². The Bertz CT molecular complexity index is 570. The maximum Gasteiger partial charge on any atom is 0.332 e. The minimum Gasteiger partial charge on any atom is -0.460 e. The molecule has 0 unspecified atom stereocenters. The molecule has 0 fully saturated rings. The fraction of sp³-hybridized carbons (Fsp3) is 0.231. The van der Waals surface area contributed by atoms with Crippen molar-refractivity contribution in [1.29, 1.82) is 5.26 Å². The SMILES string of the molecule is CC(C)OC(=O)C=C(C#N)c1cccc([N+](=O)[O-])c1. The first kappa shape index (κ1) is 14.4. The van der Waals surface area contributed by atoms with Crippen molar-refractivity contribution in [1.82, 2.24) is 0 Å². The van der Waals surface area contributed by atoms with Crippen molar-refractivity contribution in [2.24, 2.45) is 0 Å². The molecule has 0 bridgehead atoms. The van der Waals surface area contributed by atoms with Crippen LogP contribution < -0.4 is 0 Å². The van der Waals surface area contributed by atoms with Gasteiger partial charge in [-0.1, -0.05) is 12.1 Å². The van der Waals surface area contributed by atoms with Crippen LogP contribution in [-0.4, -0.2) is 17.0 Å². The Labute approximate surface area is 110 Å². The lowest BCUT2D eigenvalue weighted by Crippen LogP contribution is -2.09. The van der Waals surface area contributed by atoms with Crippen LogP contribution in [0.5, 0.6) is 0 Å². The number of esters is 1. The number of hydrogen-bond acceptors (Lipinski definition) is 5. The maximum atomic E-state index is 11.4. The van der Waals surface area contributed by atoms with Crippen molar-refractivity contribution in [3.63, 3.8) is 0 Å². The van der Waals surface area contributed by atoms with Gasteiger partial charge >= 0.3 is 5.97 Å². The summed E-state index contributed by atoms with van der Waals surface area (Å²) in [5, 5.41) is 19.6. The van der Waals surface area contributed by atoms with Gasteiger partial charge in [0, 0.05) is 18.2 Å². The van der Waals surface area contributed by atoms with Crippen molar-refractivity contribution in [3.05, 3.63) is 46.0 Å². The highest BCUT2D eigenvalue weighted by Gasteiger charge is 2.11. The van der Waals surface area contributed by atoms with Gasteiger partial charge in [0.2, 0.25) is 0 Å². The first-order valence-corrected chi connectivity index (χ1v) is 5.51. The van der Waals surface area contributed by atoms with Gasteiger partial charge in [-0.15, -0.1) is 0 Å². The van der Waals surface area contributed by atoms with E-state index in [9.17, 15) is 14.9 Å². The van der Waals surface area contributed by atoms with E-state index >= 15 is 0 Å². The van der Waals surface area contributed by atoms with Gasteiger partial charge in [0.15, 0.2) is 0 Å². The lowest BCUT2D eigenvalue weighted by Gasteiger charge is -2.05. The summed E-state index contributed by atoms with van der Waals surface area (Å²) in [6.07, 6.45) is 0.729. The van der Waals surface area contributed by atoms with Crippen LogP contribution in [-0.2, 0) is 9.53 Å². The molecule has 1 rings (SSSR count). The third kappa shape index (κ3) is 4.24. The molecular weight excluding hydrogens is 248 g/mol. The summed E-state index contributed by atoms with van der Waals surface area (Å²) in [4.78, 5) is 21.5. The zero-order valence-electron chi connectivity index (χ0n) is 10.5. The molecule has 0 aliphatic heterocycles. The normalized spacial score (nSPS) is 10.9. The first-order valence-electron chi connectivity index (χ1n) is 5.51. The Hall–Kier alpha value is -2.68. The second-order valence-corrected chi connectivity index (χ2v) is 3.96. The van der Waals surface area contributed by atoms with Gasteiger partial charge in [-0.25, -0.2) is 4.79 Å². The number of allylic oxidation sites excluding steroid dienone is 1. The lowest BCUT2D eigenvalue weighted by molar-refractivity contribution is -0.384. The van der Waals surface area contributed by atoms with Crippen LogP contribution in [0.15, 0.2) is 30.3 Å². The standard InChI is InChI=1S/C13H12N2O4/c1-9(2)19-13(16)7-11(8-14)10-4-3-5-12(6-10)15(17)18/h3-7,9H,1-2H3. The molecule has 0 saturated carbocycles. The fourth-order valence-corrected chi connectivity index (χ4v) is 1.35. The number of carbonyl (C=O) groups excluding carboxylic acids is 1. The molecule has 1 aromatic rings. The largest absolute Gasteiger partial charge is 0.460 e. The fourth-order valence-electron chi connectivity index (χ4n) is 1.35. The van der Waals surface area contributed by atoms with Gasteiger partial charge in [0.05, 0.1) is 16.6 Å². The number of non-ortho nitro benzene ring substituents is 1. The summed E-state index contributed by atoms with van der Waals surface area (Å²) in [5.41, 5.74) is 0.183. The smallest absolute Gasteiger partial charge is 0.332 e. The molecule has 19 heavy (non-hydrogen) atoms. The number of nitro groups is 1. The molecule has 0 saturated heterocycles. The van der Waals surface area contributed by atoms with Crippen LogP contribution >= 0.6 is 0 Å². The Morgan fingerprint density at radius 1 is 1.53 bits per heavy atom. The highest BCUT2D eigenvalue weighted by molar-refractivity contribution is 5.95. The van der Waals surface area contributed by atoms with E-state index in [1.165, 1.54) is 24.3 Å². The van der Waals surface area contributed by atoms with Crippen LogP contribution in [0.25, 0.3) is 5.57 Å². The number of hydrogen-bond donors (Lipinski definition) is 0. The lowest BCUT2D eigenvalue weighted by atomic mass is 10.1. The quantitative estimate of drug-likeness (QED) is 0.272. The summed E-state index contributed by atoms with van der Waals surface area (Å²) in [6, 6.07) is 7.34. The molecule has 0 spiro atoms. The van der Waals surface area contributed by atoms with Gasteiger partial charge in [0.25, 0.3) is 5.69 Å². The zero-order chi connectivity index (χ0) is 14.4. The third-order valence-corrected chi connectivity index (χ3v) is 2.10. The average Bonchev–Trinajstić information content (AvgIpc) is 2.35. The zero-order valence-corrected chi connectivity index (χ0v) is 10.5. The van der Waals surface area contributed by atoms with Gasteiger partial charge in [-0.2, -0.15) is 5.26 Å². The number of carbonyl (C=O) groups is 1. The van der Waals surface area contributed by atoms with E-state index in [0.717, 1.165) is 6.08 Å². The highest BCUT2D eigenvalue weighted by atomic mass is 16.6. The van der Waals surface area contributed by atoms with Crippen LogP contribution in [0.2, 0.25) is 0 Å². The summed E-state index contributed by atoms with van der Waals surface area (Å²) >= 11 is 0. The van der Waals surface area contributed by atoms with E-state index < -0.39 is 10.9 Å². The molecule has 98 valence electrons. The number of nitro benzene ring substituents is 1. The predicted molar refractivity (Wildman–Crippen MR) is 67.9 cm³/mol. The van der Waals surface area contributed by atoms with E-state index in [1.54, 1.807) is 13.8 Å². The molecule has 6 nitrogen and oxygen atoms in total. The summed E-state index contributed by atoms with van der Waals surface area (Å²) in [5.74, 6) is -0.655. The first-order chi connectivity index (χ1) is 8.93. The summed E-state index contributed by atoms with van der Waals surface area (Å²) in [7, 11) is 0. The van der Waals surface area contributed by atoms with Crippen molar-refractivity contribution in [2.45, 2.75) is 20.0 Å². The van der Waals surface area contributed by atoms with Crippen molar-refractivity contribution in [2.75, 3.05) is 0 Å². The molecule has 1 aromatic carbocycles. The summed E-state index contributed by atoms with van der Waals surface area (Å²) in [6.45, 7) is 3.37. The number of ether oxygens (including phenoxy) is 1. The van der Waals surface area contributed by atoms with E-state index in [-0.39, 0.29) is 17.4 Å². The summed E-state index contributed by atoms with van der Waals surface area (Å²) < 4.78 is 4.88. The van der Waals surface area contributed by atoms with Gasteiger partial charge in [-0.3, -0.25) is 10.1 Å². The molecule has 0 aliphatic carbocycles. The van der Waals surface area contributed by atoms with Crippen LogP contribution in [0.3, 0.4) is 0 Å². The van der Waals surface area contributed by atoms with Crippen LogP contribution in [0.4, 0.5) is 5.69 Å². The Morgan fingerprint density at radius 3 is 2.74 bits per heavy atom. The van der Waals surface area contributed by atoms with Gasteiger partial charge in [0.1, 0.15) is 6.07 Å². The van der Waals surface area contributed by atoms with E-state index in [4.69, 9.17) is 10.00 Å². The molecule has 0 atom stereocenters. The van der Waals surface area contributed by atoms with Crippen LogP contribution in [0.1, 0.15) is 19.4 Å². The highest BCUT2D eigenvalue weighted by Crippen LogP contribution is 2.19. The monoisotopic (exact) mass is 260 g/mol. The minimum atomic E-state index is -0.655. The number of nitrogens with zero attached hydrogens (tertiary/aromatic N) is 2. The van der Waals surface area contributed by atoms with Crippen molar-refractivity contribution in [3.8, 4) is 6.07 Å². The second kappa shape index (κ2) is 6.31. The van der Waals surface area contributed by atoms with Crippen molar-refractivity contribution < 1.29 is 14.5 Å². The Morgan fingerprint density at radius 2 is 2.21 bits per heavy atom. The molecule has 0 radical (unpaired) electrons.